The molecule has 9 atom stereocenters. The number of aliphatic imine (C=N–C) groups is 1. The summed E-state index contributed by atoms with van der Waals surface area (Å²) in [5, 5.41) is 44.1. The van der Waals surface area contributed by atoms with Crippen molar-refractivity contribution in [3.05, 3.63) is 89.5 Å². The number of ketones is 3. The number of Topliss-reactive ketones (excluding diaryl/α,β-unsaturated/α-hetero) is 3. The van der Waals surface area contributed by atoms with Gasteiger partial charge in [0.15, 0.2) is 11.7 Å². The number of amides is 6. The van der Waals surface area contributed by atoms with Crippen LogP contribution in [0.1, 0.15) is 127 Å². The number of aromatic amines is 1. The first-order valence-electron chi connectivity index (χ1n) is 29.3. The maximum absolute atomic E-state index is 14.8. The summed E-state index contributed by atoms with van der Waals surface area (Å²) in [7, 11) is 0. The van der Waals surface area contributed by atoms with Crippen LogP contribution in [0.5, 0.6) is 5.75 Å². The number of imidazole rings is 1. The van der Waals surface area contributed by atoms with Gasteiger partial charge in [0, 0.05) is 81.3 Å². The number of carbonyl (C=O) groups excluding carboxylic acids is 9. The second-order valence-electron chi connectivity index (χ2n) is 23.4. The number of hydrogen-bond donors (Lipinski definition) is 11. The van der Waals surface area contributed by atoms with E-state index in [0.717, 1.165) is 11.1 Å². The molecule has 2 saturated heterocycles. The number of phenols is 1. The number of fused-ring (bicyclic) bond motifs is 1. The van der Waals surface area contributed by atoms with Gasteiger partial charge >= 0.3 is 5.97 Å². The zero-order valence-electron chi connectivity index (χ0n) is 48.9. The van der Waals surface area contributed by atoms with Gasteiger partial charge in [-0.05, 0) is 104 Å². The zero-order valence-corrected chi connectivity index (χ0v) is 48.9. The van der Waals surface area contributed by atoms with Crippen LogP contribution in [0.2, 0.25) is 0 Å². The fourth-order valence-electron chi connectivity index (χ4n) is 11.4. The molecule has 1 aliphatic carbocycles. The Balaban J connectivity index is 1.22. The molecule has 24 heteroatoms. The fraction of sp³-hybridized carbons (Fsp3) is 0.541. The van der Waals surface area contributed by atoms with Crippen molar-refractivity contribution >= 4 is 70.3 Å². The Labute approximate surface area is 494 Å². The van der Waals surface area contributed by atoms with E-state index in [1.54, 1.807) is 12.1 Å². The van der Waals surface area contributed by atoms with E-state index in [1.165, 1.54) is 29.6 Å². The largest absolute Gasteiger partial charge is 0.508 e. The Morgan fingerprint density at radius 3 is 1.96 bits per heavy atom. The van der Waals surface area contributed by atoms with Crippen molar-refractivity contribution in [1.29, 1.82) is 0 Å². The maximum Gasteiger partial charge on any atom is 0.326 e. The highest BCUT2D eigenvalue weighted by Crippen LogP contribution is 2.32. The lowest BCUT2D eigenvalue weighted by Crippen LogP contribution is -2.59. The summed E-state index contributed by atoms with van der Waals surface area (Å²) in [5.74, 6) is -9.66. The molecule has 6 rings (SSSR count). The number of aliphatic hydroxyl groups is 1. The molecule has 2 aromatic carbocycles. The second kappa shape index (κ2) is 31.6. The minimum absolute atomic E-state index is 0.0650. The van der Waals surface area contributed by atoms with E-state index in [1.807, 2.05) is 58.0 Å². The van der Waals surface area contributed by atoms with Crippen molar-refractivity contribution in [3.63, 3.8) is 0 Å². The number of phenolic OH excluding ortho intramolecular Hbond substituents is 1. The van der Waals surface area contributed by atoms with E-state index < -0.39 is 102 Å². The quantitative estimate of drug-likeness (QED) is 0.0232. The lowest BCUT2D eigenvalue weighted by Gasteiger charge is -2.28. The van der Waals surface area contributed by atoms with E-state index >= 15 is 0 Å². The number of benzene rings is 2. The summed E-state index contributed by atoms with van der Waals surface area (Å²) in [5.41, 5.74) is 14.5. The molecule has 3 aliphatic rings. The Hall–Kier alpha value is -8.28. The van der Waals surface area contributed by atoms with Crippen LogP contribution in [0.3, 0.4) is 0 Å². The minimum atomic E-state index is -1.70. The summed E-state index contributed by atoms with van der Waals surface area (Å²) in [6, 6.07) is 5.72. The van der Waals surface area contributed by atoms with Crippen molar-refractivity contribution in [1.82, 2.24) is 41.5 Å². The molecule has 3 aromatic rings. The van der Waals surface area contributed by atoms with Crippen LogP contribution in [0.15, 0.2) is 72.1 Å². The molecule has 13 N–H and O–H groups in total. The van der Waals surface area contributed by atoms with Crippen LogP contribution < -0.4 is 38.1 Å². The Bertz CT molecular complexity index is 2920. The third kappa shape index (κ3) is 19.6. The predicted octanol–water partition coefficient (Wildman–Crippen LogP) is 2.09. The molecule has 0 bridgehead atoms. The van der Waals surface area contributed by atoms with Crippen molar-refractivity contribution in [2.24, 2.45) is 46.0 Å². The first kappa shape index (κ1) is 65.9. The Morgan fingerprint density at radius 2 is 1.36 bits per heavy atom. The monoisotopic (exact) mass is 1180 g/mol. The van der Waals surface area contributed by atoms with E-state index in [9.17, 15) is 63.3 Å². The predicted molar refractivity (Wildman–Crippen MR) is 313 cm³/mol. The number of carboxylic acid groups (broad SMARTS) is 1. The van der Waals surface area contributed by atoms with E-state index in [-0.39, 0.29) is 131 Å². The van der Waals surface area contributed by atoms with Crippen LogP contribution in [0.25, 0.3) is 5.57 Å². The minimum Gasteiger partial charge on any atom is -0.508 e. The number of carbonyl (C=O) groups is 10. The third-order valence-corrected chi connectivity index (χ3v) is 15.7. The molecule has 460 valence electrons. The van der Waals surface area contributed by atoms with Gasteiger partial charge in [-0.1, -0.05) is 70.2 Å². The molecular weight excluding hydrogens is 1090 g/mol. The number of nitrogens with zero attached hydrogens (tertiary/aromatic N) is 3. The van der Waals surface area contributed by atoms with Crippen LogP contribution in [0.4, 0.5) is 0 Å². The number of guanidine groups is 1. The number of aromatic nitrogens is 2. The molecule has 6 amide bonds. The molecule has 24 nitrogen and oxygen atoms in total. The lowest BCUT2D eigenvalue weighted by atomic mass is 9.79. The number of aromatic hydroxyl groups is 1. The number of nitrogens with one attached hydrogen (secondary N) is 6. The lowest BCUT2D eigenvalue weighted by molar-refractivity contribution is -0.150. The summed E-state index contributed by atoms with van der Waals surface area (Å²) < 4.78 is 0. The average Bonchev–Trinajstić information content (AvgIpc) is 3.92. The number of carboxylic acids is 1. The van der Waals surface area contributed by atoms with E-state index in [4.69, 9.17) is 11.5 Å². The molecule has 3 heterocycles. The highest BCUT2D eigenvalue weighted by atomic mass is 16.4. The van der Waals surface area contributed by atoms with Crippen LogP contribution in [0, 0.1) is 29.6 Å². The van der Waals surface area contributed by atoms with Crippen LogP contribution in [-0.4, -0.2) is 151 Å². The Morgan fingerprint density at radius 1 is 0.753 bits per heavy atom. The smallest absolute Gasteiger partial charge is 0.326 e. The standard InChI is InChI=1S/C61H83N11O13/c1-34(2)23-40(51(75)27-39(10-7-21-65-61(62)63)59(83)72-22-8-12-50(72)60(84)85)28-52(76)41(24-35(3)4)29-53(77)46(25-36-13-17-43(74)18-14-36)68-58(82)49(32-73)71-56(80)47(26-38-16-15-37-9-5-6-11-44(37)38)69-57(81)48(30-42-31-64-33-66-42)70-55(79)45-19-20-54(78)67-45/h5-6,9,11,13-14,16-18,31,33-35,39-41,45-50,73-74H,7-8,10,12,15,19-30,32H2,1-4H3,(H,64,66)(H,67,78)(H,68,82)(H,69,81)(H,70,79)(H,71,80)(H,84,85)(H4,62,63,65)/t39-,40-,41+,45+,46+,47+,48+,49+,50+/m1/s1. The Kier molecular flexibility index (Phi) is 24.5. The summed E-state index contributed by atoms with van der Waals surface area (Å²) in [6.45, 7) is 6.95. The maximum atomic E-state index is 14.8. The average molecular weight is 1180 g/mol. The van der Waals surface area contributed by atoms with Crippen molar-refractivity contribution in [2.45, 2.75) is 160 Å². The van der Waals surface area contributed by atoms with Crippen molar-refractivity contribution in [3.8, 4) is 5.75 Å². The zero-order chi connectivity index (χ0) is 61.9. The number of H-pyrrole nitrogens is 1. The van der Waals surface area contributed by atoms with E-state index in [0.29, 0.717) is 36.1 Å². The second-order valence-corrected chi connectivity index (χ2v) is 23.4. The number of likely N-dealkylation sites (tertiary alicyclic amines) is 1. The van der Waals surface area contributed by atoms with Gasteiger partial charge in [-0.3, -0.25) is 48.1 Å². The molecule has 0 spiro atoms. The normalized spacial score (nSPS) is 17.9. The molecule has 2 aliphatic heterocycles. The van der Waals surface area contributed by atoms with Gasteiger partial charge in [0.2, 0.25) is 35.4 Å². The molecule has 0 saturated carbocycles. The summed E-state index contributed by atoms with van der Waals surface area (Å²) in [4.78, 5) is 151. The number of allylic oxidation sites excluding steroid dienone is 1. The molecule has 85 heavy (non-hydrogen) atoms. The van der Waals surface area contributed by atoms with E-state index in [2.05, 4.69) is 41.5 Å². The number of aliphatic hydroxyl groups excluding tert-OH is 1. The van der Waals surface area contributed by atoms with Crippen LogP contribution in [-0.2, 0) is 67.2 Å². The van der Waals surface area contributed by atoms with Crippen LogP contribution >= 0.6 is 0 Å². The number of aliphatic carboxylic acids is 1. The number of hydrogen-bond acceptors (Lipinski definition) is 14. The van der Waals surface area contributed by atoms with Gasteiger partial charge in [-0.25, -0.2) is 9.78 Å². The van der Waals surface area contributed by atoms with Gasteiger partial charge < -0.3 is 63.3 Å². The van der Waals surface area contributed by atoms with Gasteiger partial charge in [0.05, 0.1) is 19.0 Å². The molecule has 1 aromatic heterocycles. The van der Waals surface area contributed by atoms with Gasteiger partial charge in [-0.2, -0.15) is 0 Å². The first-order valence-corrected chi connectivity index (χ1v) is 29.3. The highest BCUT2D eigenvalue weighted by Gasteiger charge is 2.40. The van der Waals surface area contributed by atoms with Gasteiger partial charge in [-0.15, -0.1) is 0 Å². The molecule has 0 radical (unpaired) electrons. The first-order chi connectivity index (χ1) is 40.5. The third-order valence-electron chi connectivity index (χ3n) is 15.7. The molecule has 0 unspecified atom stereocenters. The fourth-order valence-corrected chi connectivity index (χ4v) is 11.4. The SMILES string of the molecule is CC(C)C[C@@H](CC(=O)[C@H](Cc1ccc(O)cc1)NC(=O)[C@H](CO)NC(=O)[C@H](CC1=CCc2ccccc21)NC(=O)[C@H](Cc1cnc[nH]1)NC(=O)[C@@H]1CCC(=O)N1)C(=O)C[C@@H](CC(C)C)C(=O)C[C@@H](CCCN=C(N)N)C(=O)N1CCC[C@H]1C(=O)O. The number of rotatable bonds is 34. The highest BCUT2D eigenvalue weighted by molar-refractivity contribution is 5.99. The molecular formula is C61H83N11O13. The van der Waals surface area contributed by atoms with Crippen molar-refractivity contribution in [2.75, 3.05) is 19.7 Å². The summed E-state index contributed by atoms with van der Waals surface area (Å²) in [6.07, 6.45) is 6.17. The molecule has 2 fully saturated rings. The topological polar surface area (TPSA) is 388 Å². The van der Waals surface area contributed by atoms with Crippen molar-refractivity contribution < 1.29 is 63.3 Å². The van der Waals surface area contributed by atoms with Gasteiger partial charge in [0.1, 0.15) is 47.5 Å². The number of nitrogens with two attached hydrogens (primary N) is 2. The van der Waals surface area contributed by atoms with Gasteiger partial charge in [0.25, 0.3) is 0 Å². The summed E-state index contributed by atoms with van der Waals surface area (Å²) >= 11 is 0.